The lowest BCUT2D eigenvalue weighted by atomic mass is 9.73. The van der Waals surface area contributed by atoms with E-state index in [2.05, 4.69) is 58.9 Å². The fraction of sp³-hybridized carbons (Fsp3) is 0.660. The predicted octanol–water partition coefficient (Wildman–Crippen LogP) is 13.9. The molecule has 0 heterocycles. The predicted molar refractivity (Wildman–Crippen MR) is 227 cm³/mol. The zero-order chi connectivity index (χ0) is 34.6. The Morgan fingerprint density at radius 1 is 0.627 bits per heavy atom. The second-order valence-corrected chi connectivity index (χ2v) is 13.5. The third-order valence-corrected chi connectivity index (χ3v) is 9.75. The molecule has 0 amide bonds. The topological polar surface area (TPSA) is 68.3 Å². The maximum absolute atomic E-state index is 11.6. The molecule has 296 valence electrons. The van der Waals surface area contributed by atoms with Crippen LogP contribution in [0.1, 0.15) is 179 Å². The Hall–Kier alpha value is -2.88. The maximum Gasteiger partial charge on any atom is 0.159 e. The average molecular weight is 713 g/mol. The van der Waals surface area contributed by atoms with Gasteiger partial charge in [0.05, 0.1) is 0 Å². The Morgan fingerprint density at radius 3 is 1.47 bits per heavy atom. The van der Waals surface area contributed by atoms with E-state index < -0.39 is 0 Å². The van der Waals surface area contributed by atoms with Crippen molar-refractivity contribution in [2.75, 3.05) is 0 Å². The van der Waals surface area contributed by atoms with E-state index in [0.29, 0.717) is 29.2 Å². The lowest BCUT2D eigenvalue weighted by molar-refractivity contribution is -0.124. The quantitative estimate of drug-likeness (QED) is 0.256. The first kappa shape index (κ1) is 57.5. The molecule has 5 rings (SSSR count). The zero-order valence-corrected chi connectivity index (χ0v) is 30.6. The van der Waals surface area contributed by atoms with Crippen molar-refractivity contribution in [1.82, 2.24) is 0 Å². The van der Waals surface area contributed by atoms with Gasteiger partial charge in [-0.3, -0.25) is 14.4 Å². The largest absolute Gasteiger partial charge is 0.300 e. The first-order chi connectivity index (χ1) is 21.9. The summed E-state index contributed by atoms with van der Waals surface area (Å²) in [4.78, 5) is 43.8. The highest BCUT2D eigenvalue weighted by molar-refractivity contribution is 5.93. The van der Waals surface area contributed by atoms with Crippen molar-refractivity contribution in [3.63, 3.8) is 0 Å². The molecule has 6 unspecified atom stereocenters. The highest BCUT2D eigenvalue weighted by Gasteiger charge is 2.48. The van der Waals surface area contributed by atoms with Gasteiger partial charge in [0.2, 0.25) is 0 Å². The van der Waals surface area contributed by atoms with Gasteiger partial charge < -0.3 is 4.79 Å². The summed E-state index contributed by atoms with van der Waals surface area (Å²) in [5, 5.41) is 0. The summed E-state index contributed by atoms with van der Waals surface area (Å²) in [5.74, 6) is 4.88. The van der Waals surface area contributed by atoms with E-state index in [0.717, 1.165) is 61.8 Å². The minimum absolute atomic E-state index is 0. The molecule has 6 atom stereocenters. The third-order valence-electron chi connectivity index (χ3n) is 9.75. The number of ketones is 4. The molecule has 4 nitrogen and oxygen atoms in total. The Morgan fingerprint density at radius 2 is 1.12 bits per heavy atom. The smallest absolute Gasteiger partial charge is 0.159 e. The number of carbonyl (C=O) groups is 4. The number of carbonyl (C=O) groups excluding carboxylic acids is 4. The van der Waals surface area contributed by atoms with Crippen LogP contribution in [0.2, 0.25) is 0 Å². The number of unbranched alkanes of at least 4 members (excludes halogenated alkanes) is 1. The first-order valence-electron chi connectivity index (χ1n) is 18.1. The van der Waals surface area contributed by atoms with Gasteiger partial charge in [-0.15, -0.1) is 0 Å². The molecule has 2 bridgehead atoms. The van der Waals surface area contributed by atoms with Gasteiger partial charge in [-0.25, -0.2) is 0 Å². The number of benzene rings is 2. The van der Waals surface area contributed by atoms with E-state index in [1.807, 2.05) is 30.3 Å². The Bertz CT molecular complexity index is 1180. The number of hydrogen-bond donors (Lipinski definition) is 0. The fourth-order valence-electron chi connectivity index (χ4n) is 7.42. The molecular formula is C47H84O4. The molecule has 4 heteroatoms. The summed E-state index contributed by atoms with van der Waals surface area (Å²) in [6, 6.07) is 17.8. The Kier molecular flexibility index (Phi) is 35.9. The second kappa shape index (κ2) is 31.8. The molecule has 0 saturated heterocycles. The van der Waals surface area contributed by atoms with Crippen LogP contribution in [-0.4, -0.2) is 23.1 Å². The molecule has 2 aromatic rings. The van der Waals surface area contributed by atoms with E-state index in [4.69, 9.17) is 0 Å². The standard InChI is InChI=1S/C14H18O.C11H18O.C8H8O.C6H12O.C3H8.5CH4/c1-3-11-8-12-6-4-5-7-13(12)9-14(11)10(2)15;1-3-10-8-4-5-9(6-8)11(10)7(2)12;1-7(9)8-5-3-2-4-6-8;1-3-4-5-6(2)7;1-3-2;;;;;/h4-7,11,14H,3,8-9H2,1-2H3;8-11H,3-6H2,1-2H3;2-6H,1H3;3-5H2,1-2H3;3H2,1-2H3;5*1H4. The van der Waals surface area contributed by atoms with Gasteiger partial charge in [0.1, 0.15) is 17.3 Å². The summed E-state index contributed by atoms with van der Waals surface area (Å²) in [6.45, 7) is 17.5. The van der Waals surface area contributed by atoms with E-state index in [1.54, 1.807) is 27.7 Å². The normalized spacial score (nSPS) is 21.0. The average Bonchev–Trinajstić information content (AvgIpc) is 3.67. The summed E-state index contributed by atoms with van der Waals surface area (Å²) in [6.07, 6.45) is 12.6. The molecule has 0 aliphatic heterocycles. The van der Waals surface area contributed by atoms with Gasteiger partial charge in [0, 0.05) is 23.8 Å². The molecule has 51 heavy (non-hydrogen) atoms. The molecule has 2 fully saturated rings. The van der Waals surface area contributed by atoms with Crippen molar-refractivity contribution in [3.05, 3.63) is 71.3 Å². The highest BCUT2D eigenvalue weighted by atomic mass is 16.1. The van der Waals surface area contributed by atoms with Crippen molar-refractivity contribution in [1.29, 1.82) is 0 Å². The van der Waals surface area contributed by atoms with Crippen LogP contribution in [0.15, 0.2) is 54.6 Å². The van der Waals surface area contributed by atoms with Crippen molar-refractivity contribution < 1.29 is 19.2 Å². The Balaban J connectivity index is -0.000000179. The number of Topliss-reactive ketones (excluding diaryl/α,β-unsaturated/α-hetero) is 4. The lowest BCUT2D eigenvalue weighted by Gasteiger charge is -2.30. The van der Waals surface area contributed by atoms with Gasteiger partial charge in [-0.05, 0) is 101 Å². The van der Waals surface area contributed by atoms with Crippen LogP contribution in [-0.2, 0) is 27.2 Å². The van der Waals surface area contributed by atoms with Gasteiger partial charge in [-0.1, -0.05) is 152 Å². The van der Waals surface area contributed by atoms with E-state index in [9.17, 15) is 19.2 Å². The fourth-order valence-corrected chi connectivity index (χ4v) is 7.42. The van der Waals surface area contributed by atoms with Crippen LogP contribution in [0.4, 0.5) is 0 Å². The van der Waals surface area contributed by atoms with Gasteiger partial charge in [0.25, 0.3) is 0 Å². The number of hydrogen-bond acceptors (Lipinski definition) is 4. The number of fused-ring (bicyclic) bond motifs is 3. The molecule has 0 radical (unpaired) electrons. The van der Waals surface area contributed by atoms with E-state index in [1.165, 1.54) is 43.2 Å². The second-order valence-electron chi connectivity index (χ2n) is 13.5. The highest BCUT2D eigenvalue weighted by Crippen LogP contribution is 2.53. The maximum atomic E-state index is 11.6. The molecule has 2 saturated carbocycles. The van der Waals surface area contributed by atoms with Crippen LogP contribution >= 0.6 is 0 Å². The number of rotatable bonds is 8. The molecule has 3 aliphatic carbocycles. The molecular weight excluding hydrogens is 629 g/mol. The van der Waals surface area contributed by atoms with Crippen molar-refractivity contribution in [3.8, 4) is 0 Å². The van der Waals surface area contributed by atoms with Crippen LogP contribution in [0, 0.1) is 35.5 Å². The van der Waals surface area contributed by atoms with Crippen LogP contribution in [0.25, 0.3) is 0 Å². The lowest BCUT2D eigenvalue weighted by Crippen LogP contribution is -2.30. The van der Waals surface area contributed by atoms with Crippen molar-refractivity contribution in [2.45, 2.75) is 170 Å². The third kappa shape index (κ3) is 20.1. The molecule has 0 aromatic heterocycles. The molecule has 0 N–H and O–H groups in total. The van der Waals surface area contributed by atoms with E-state index >= 15 is 0 Å². The summed E-state index contributed by atoms with van der Waals surface area (Å²) in [5.41, 5.74) is 3.60. The monoisotopic (exact) mass is 713 g/mol. The Labute approximate surface area is 318 Å². The van der Waals surface area contributed by atoms with Crippen molar-refractivity contribution >= 4 is 23.1 Å². The zero-order valence-electron chi connectivity index (χ0n) is 30.6. The van der Waals surface area contributed by atoms with Gasteiger partial charge >= 0.3 is 0 Å². The van der Waals surface area contributed by atoms with Crippen LogP contribution in [0.5, 0.6) is 0 Å². The van der Waals surface area contributed by atoms with Crippen LogP contribution in [0.3, 0.4) is 0 Å². The summed E-state index contributed by atoms with van der Waals surface area (Å²) in [7, 11) is 0. The summed E-state index contributed by atoms with van der Waals surface area (Å²) < 4.78 is 0. The first-order valence-corrected chi connectivity index (χ1v) is 18.1. The van der Waals surface area contributed by atoms with Gasteiger partial charge in [-0.2, -0.15) is 0 Å². The van der Waals surface area contributed by atoms with E-state index in [-0.39, 0.29) is 48.8 Å². The minimum Gasteiger partial charge on any atom is -0.300 e. The molecule has 0 spiro atoms. The van der Waals surface area contributed by atoms with Gasteiger partial charge in [0.15, 0.2) is 5.78 Å². The SMILES string of the molecule is C.C.C.C.C.CC(=O)c1ccccc1.CCC.CCC1C2CCC(C2)C1C(C)=O.CCC1Cc2ccccc2CC1C(C)=O.CCCCC(C)=O. The molecule has 3 aliphatic rings. The molecule has 2 aromatic carbocycles. The van der Waals surface area contributed by atoms with Crippen LogP contribution < -0.4 is 0 Å². The van der Waals surface area contributed by atoms with Crippen molar-refractivity contribution in [2.24, 2.45) is 35.5 Å². The summed E-state index contributed by atoms with van der Waals surface area (Å²) >= 11 is 0. The minimum atomic E-state index is 0.